The van der Waals surface area contributed by atoms with Gasteiger partial charge >= 0.3 is 6.61 Å². The number of hydrazine groups is 2. The van der Waals surface area contributed by atoms with Gasteiger partial charge in [-0.2, -0.15) is 8.78 Å². The number of aryl methyl sites for hydroxylation is 1. The Morgan fingerprint density at radius 1 is 1.20 bits per heavy atom. The summed E-state index contributed by atoms with van der Waals surface area (Å²) in [6, 6.07) is 5.41. The van der Waals surface area contributed by atoms with Gasteiger partial charge < -0.3 is 10.1 Å². The standard InChI is InChI=1S/C17H16ClF2N7O3/c1-8-3-4-9(7-21-8)14(28)22-13-11(30-16(19)20)6-5-10(12(13)18)15(29)23-17-24-25-26-27(17)2/h3-7,16,25-26H,1-2H3,(H,22,28)(H,23,24,29). The van der Waals surface area contributed by atoms with Crippen LogP contribution in [0.25, 0.3) is 0 Å². The summed E-state index contributed by atoms with van der Waals surface area (Å²) in [6.45, 7) is -1.43. The molecule has 1 aliphatic rings. The zero-order valence-electron chi connectivity index (χ0n) is 15.7. The van der Waals surface area contributed by atoms with Gasteiger partial charge in [0.1, 0.15) is 5.69 Å². The zero-order valence-corrected chi connectivity index (χ0v) is 16.4. The van der Waals surface area contributed by atoms with Crippen LogP contribution in [0.15, 0.2) is 35.6 Å². The third-order valence-electron chi connectivity index (χ3n) is 3.90. The second-order valence-corrected chi connectivity index (χ2v) is 6.37. The fourth-order valence-electron chi connectivity index (χ4n) is 2.39. The first-order chi connectivity index (χ1) is 14.3. The molecule has 30 heavy (non-hydrogen) atoms. The quantitative estimate of drug-likeness (QED) is 0.561. The van der Waals surface area contributed by atoms with Crippen molar-refractivity contribution in [1.29, 1.82) is 0 Å². The molecule has 3 rings (SSSR count). The van der Waals surface area contributed by atoms with Crippen molar-refractivity contribution < 1.29 is 23.1 Å². The number of rotatable bonds is 5. The van der Waals surface area contributed by atoms with E-state index >= 15 is 0 Å². The molecule has 0 fully saturated rings. The predicted octanol–water partition coefficient (Wildman–Crippen LogP) is 1.85. The summed E-state index contributed by atoms with van der Waals surface area (Å²) in [5.41, 5.74) is 5.50. The monoisotopic (exact) mass is 439 g/mol. The van der Waals surface area contributed by atoms with Crippen molar-refractivity contribution in [2.45, 2.75) is 13.5 Å². The fraction of sp³-hybridized carbons (Fsp3) is 0.176. The normalized spacial score (nSPS) is 13.0. The molecule has 0 radical (unpaired) electrons. The van der Waals surface area contributed by atoms with Gasteiger partial charge in [-0.25, -0.2) is 5.53 Å². The van der Waals surface area contributed by atoms with Gasteiger partial charge in [-0.3, -0.25) is 24.9 Å². The number of nitrogens with zero attached hydrogens (tertiary/aromatic N) is 3. The number of nitrogens with one attached hydrogen (secondary N) is 4. The van der Waals surface area contributed by atoms with Gasteiger partial charge in [0, 0.05) is 18.9 Å². The zero-order chi connectivity index (χ0) is 21.8. The fourth-order valence-corrected chi connectivity index (χ4v) is 2.68. The van der Waals surface area contributed by atoms with Crippen molar-refractivity contribution in [2.75, 3.05) is 12.4 Å². The molecule has 10 nitrogen and oxygen atoms in total. The van der Waals surface area contributed by atoms with E-state index in [9.17, 15) is 18.4 Å². The number of carbonyl (C=O) groups excluding carboxylic acids is 2. The molecular formula is C17H16ClF2N7O3. The Morgan fingerprint density at radius 3 is 2.57 bits per heavy atom. The summed E-state index contributed by atoms with van der Waals surface area (Å²) in [7, 11) is 1.58. The van der Waals surface area contributed by atoms with Crippen LogP contribution in [0.2, 0.25) is 5.02 Å². The topological polar surface area (TPSA) is 120 Å². The summed E-state index contributed by atoms with van der Waals surface area (Å²) in [6.07, 6.45) is 1.32. The Labute approximate surface area is 174 Å². The number of carbonyl (C=O) groups is 2. The molecule has 0 saturated heterocycles. The molecule has 0 aliphatic carbocycles. The molecule has 1 aromatic heterocycles. The summed E-state index contributed by atoms with van der Waals surface area (Å²) >= 11 is 6.27. The second kappa shape index (κ2) is 8.88. The van der Waals surface area contributed by atoms with E-state index in [2.05, 4.69) is 36.5 Å². The molecule has 0 unspecified atom stereocenters. The number of hydrazone groups is 1. The van der Waals surface area contributed by atoms with E-state index in [-0.39, 0.29) is 27.8 Å². The van der Waals surface area contributed by atoms with Gasteiger partial charge in [0.05, 0.1) is 16.1 Å². The van der Waals surface area contributed by atoms with E-state index < -0.39 is 24.2 Å². The molecule has 1 aromatic carbocycles. The molecule has 0 bridgehead atoms. The molecule has 1 aliphatic heterocycles. The Balaban J connectivity index is 1.92. The lowest BCUT2D eigenvalue weighted by molar-refractivity contribution is -0.0493. The minimum atomic E-state index is -3.17. The summed E-state index contributed by atoms with van der Waals surface area (Å²) in [5, 5.41) is 9.77. The van der Waals surface area contributed by atoms with Crippen LogP contribution < -0.4 is 26.4 Å². The van der Waals surface area contributed by atoms with Gasteiger partial charge in [-0.05, 0) is 31.2 Å². The Kier molecular flexibility index (Phi) is 6.28. The maximum atomic E-state index is 12.8. The molecule has 2 amide bonds. The number of anilines is 1. The summed E-state index contributed by atoms with van der Waals surface area (Å²) < 4.78 is 30.1. The molecular weight excluding hydrogens is 424 g/mol. The maximum absolute atomic E-state index is 12.8. The maximum Gasteiger partial charge on any atom is 0.387 e. The Bertz CT molecular complexity index is 1000. The Hall–Kier alpha value is -3.51. The highest BCUT2D eigenvalue weighted by molar-refractivity contribution is 6.37. The number of hydrogen-bond acceptors (Lipinski definition) is 8. The van der Waals surface area contributed by atoms with Gasteiger partial charge in [0.15, 0.2) is 5.75 Å². The van der Waals surface area contributed by atoms with Crippen molar-refractivity contribution in [3.8, 4) is 5.75 Å². The van der Waals surface area contributed by atoms with Crippen LogP contribution in [-0.4, -0.2) is 41.4 Å². The number of amides is 2. The molecule has 158 valence electrons. The lowest BCUT2D eigenvalue weighted by Gasteiger charge is -2.17. The number of halogens is 3. The number of aromatic nitrogens is 1. The first-order valence-corrected chi connectivity index (χ1v) is 8.78. The van der Waals surface area contributed by atoms with Crippen LogP contribution in [0.3, 0.4) is 0 Å². The number of benzene rings is 1. The number of alkyl halides is 2. The minimum absolute atomic E-state index is 0.0985. The van der Waals surface area contributed by atoms with Crippen molar-refractivity contribution in [3.05, 3.63) is 52.3 Å². The van der Waals surface area contributed by atoms with Crippen molar-refractivity contribution in [1.82, 2.24) is 26.4 Å². The molecule has 2 aromatic rings. The van der Waals surface area contributed by atoms with Crippen LogP contribution in [0, 0.1) is 6.92 Å². The highest BCUT2D eigenvalue weighted by atomic mass is 35.5. The lowest BCUT2D eigenvalue weighted by Crippen LogP contribution is -2.45. The Morgan fingerprint density at radius 2 is 1.97 bits per heavy atom. The predicted molar refractivity (Wildman–Crippen MR) is 104 cm³/mol. The molecule has 2 heterocycles. The van der Waals surface area contributed by atoms with Crippen LogP contribution >= 0.6 is 11.6 Å². The van der Waals surface area contributed by atoms with Gasteiger partial charge in [-0.1, -0.05) is 11.6 Å². The van der Waals surface area contributed by atoms with Crippen LogP contribution in [-0.2, 0) is 0 Å². The van der Waals surface area contributed by atoms with Gasteiger partial charge in [0.2, 0.25) is 5.96 Å². The molecule has 0 atom stereocenters. The molecule has 4 N–H and O–H groups in total. The van der Waals surface area contributed by atoms with Gasteiger partial charge in [0.25, 0.3) is 11.8 Å². The van der Waals surface area contributed by atoms with E-state index in [4.69, 9.17) is 11.6 Å². The van der Waals surface area contributed by atoms with E-state index in [1.165, 1.54) is 23.3 Å². The average molecular weight is 440 g/mol. The van der Waals surface area contributed by atoms with Gasteiger partial charge in [-0.15, -0.1) is 10.6 Å². The van der Waals surface area contributed by atoms with E-state index in [0.29, 0.717) is 5.69 Å². The van der Waals surface area contributed by atoms with Crippen LogP contribution in [0.4, 0.5) is 14.5 Å². The van der Waals surface area contributed by atoms with Crippen molar-refractivity contribution >= 4 is 35.1 Å². The lowest BCUT2D eigenvalue weighted by atomic mass is 10.1. The van der Waals surface area contributed by atoms with E-state index in [1.54, 1.807) is 20.0 Å². The highest BCUT2D eigenvalue weighted by Gasteiger charge is 2.24. The largest absolute Gasteiger partial charge is 0.433 e. The van der Waals surface area contributed by atoms with Crippen LogP contribution in [0.5, 0.6) is 5.75 Å². The third-order valence-corrected chi connectivity index (χ3v) is 4.29. The van der Waals surface area contributed by atoms with Crippen LogP contribution in [0.1, 0.15) is 26.4 Å². The SMILES string of the molecule is Cc1ccc(C(=O)Nc2c(OC(F)F)ccc(C(=O)NC3=NNNN3C)c2Cl)cn1. The molecule has 13 heteroatoms. The second-order valence-electron chi connectivity index (χ2n) is 5.99. The number of pyridine rings is 1. The molecule has 0 saturated carbocycles. The van der Waals surface area contributed by atoms with Crippen molar-refractivity contribution in [2.24, 2.45) is 5.10 Å². The first-order valence-electron chi connectivity index (χ1n) is 8.41. The highest BCUT2D eigenvalue weighted by Crippen LogP contribution is 2.36. The van der Waals surface area contributed by atoms with E-state index in [1.807, 2.05) is 0 Å². The third kappa shape index (κ3) is 4.72. The first kappa shape index (κ1) is 21.2. The summed E-state index contributed by atoms with van der Waals surface area (Å²) in [4.78, 5) is 29.1. The molecule has 0 spiro atoms. The van der Waals surface area contributed by atoms with E-state index in [0.717, 1.165) is 6.07 Å². The minimum Gasteiger partial charge on any atom is -0.433 e. The number of ether oxygens (including phenoxy) is 1. The average Bonchev–Trinajstić information content (AvgIpc) is 3.09. The van der Waals surface area contributed by atoms with Crippen molar-refractivity contribution in [3.63, 3.8) is 0 Å². The number of guanidine groups is 1. The number of hydrogen-bond donors (Lipinski definition) is 4. The summed E-state index contributed by atoms with van der Waals surface area (Å²) in [5.74, 6) is -1.62. The smallest absolute Gasteiger partial charge is 0.387 e.